The summed E-state index contributed by atoms with van der Waals surface area (Å²) in [5.41, 5.74) is 1.61. The van der Waals surface area contributed by atoms with Gasteiger partial charge in [0, 0.05) is 19.3 Å². The lowest BCUT2D eigenvalue weighted by Gasteiger charge is -2.36. The number of hydrogen-bond donors (Lipinski definition) is 2. The second-order valence-corrected chi connectivity index (χ2v) is 9.56. The van der Waals surface area contributed by atoms with Gasteiger partial charge in [0.1, 0.15) is 0 Å². The van der Waals surface area contributed by atoms with Gasteiger partial charge in [-0.25, -0.2) is 14.7 Å². The first kappa shape index (κ1) is 24.5. The molecule has 34 heavy (non-hydrogen) atoms. The van der Waals surface area contributed by atoms with Crippen LogP contribution in [-0.2, 0) is 0 Å². The van der Waals surface area contributed by atoms with Crippen LogP contribution < -0.4 is 15.5 Å². The maximum absolute atomic E-state index is 13.8. The number of aromatic nitrogens is 1. The van der Waals surface area contributed by atoms with Gasteiger partial charge in [-0.3, -0.25) is 4.79 Å². The molecule has 2 fully saturated rings. The van der Waals surface area contributed by atoms with E-state index >= 15 is 0 Å². The van der Waals surface area contributed by atoms with Crippen molar-refractivity contribution in [1.82, 2.24) is 15.2 Å². The van der Waals surface area contributed by atoms with Crippen LogP contribution in [0.15, 0.2) is 42.6 Å². The summed E-state index contributed by atoms with van der Waals surface area (Å²) in [7, 11) is 0. The van der Waals surface area contributed by atoms with E-state index in [9.17, 15) is 9.59 Å². The van der Waals surface area contributed by atoms with Crippen LogP contribution in [0.4, 0.5) is 22.0 Å². The fourth-order valence-corrected chi connectivity index (χ4v) is 5.47. The highest BCUT2D eigenvalue weighted by Gasteiger charge is 2.34. The highest BCUT2D eigenvalue weighted by Crippen LogP contribution is 2.37. The molecule has 8 heteroatoms. The predicted octanol–water partition coefficient (Wildman–Crippen LogP) is 5.21. The van der Waals surface area contributed by atoms with Crippen LogP contribution in [-0.4, -0.2) is 48.0 Å². The van der Waals surface area contributed by atoms with Crippen molar-refractivity contribution < 1.29 is 9.59 Å². The van der Waals surface area contributed by atoms with E-state index < -0.39 is 0 Å². The second kappa shape index (κ2) is 11.2. The lowest BCUT2D eigenvalue weighted by Crippen LogP contribution is -2.46. The number of halogens is 1. The molecule has 5 rings (SSSR count). The monoisotopic (exact) mass is 483 g/mol. The molecule has 1 aliphatic carbocycles. The topological polar surface area (TPSA) is 77.6 Å². The molecule has 1 saturated heterocycles. The first-order chi connectivity index (χ1) is 16.2. The van der Waals surface area contributed by atoms with Crippen LogP contribution >= 0.6 is 12.4 Å². The number of pyridine rings is 1. The Bertz CT molecular complexity index is 1010. The van der Waals surface area contributed by atoms with E-state index in [2.05, 4.69) is 15.6 Å². The highest BCUT2D eigenvalue weighted by atomic mass is 35.5. The van der Waals surface area contributed by atoms with Crippen LogP contribution in [0.25, 0.3) is 0 Å². The molecule has 2 aromatic rings. The smallest absolute Gasteiger partial charge is 0.324 e. The molecule has 3 heterocycles. The second-order valence-electron chi connectivity index (χ2n) is 9.56. The van der Waals surface area contributed by atoms with E-state index in [1.807, 2.05) is 23.1 Å². The molecule has 0 radical (unpaired) electrons. The fraction of sp³-hybridized carbons (Fsp3) is 0.500. The SMILES string of the molecule is Cl.O=C1Nc2cccnc2N(C(=O)N2CCCC(CCNCC3CCCC3)C2)c2ccccc21. The molecule has 1 aromatic carbocycles. The van der Waals surface area contributed by atoms with Crippen molar-refractivity contribution in [1.29, 1.82) is 0 Å². The minimum atomic E-state index is -0.222. The summed E-state index contributed by atoms with van der Waals surface area (Å²) >= 11 is 0. The minimum absolute atomic E-state index is 0. The lowest BCUT2D eigenvalue weighted by molar-refractivity contribution is 0.102. The summed E-state index contributed by atoms with van der Waals surface area (Å²) in [6.45, 7) is 3.61. The van der Waals surface area contributed by atoms with E-state index in [1.54, 1.807) is 29.3 Å². The Kier molecular flexibility index (Phi) is 8.06. The number of nitrogens with zero attached hydrogens (tertiary/aromatic N) is 3. The Morgan fingerprint density at radius 3 is 2.71 bits per heavy atom. The summed E-state index contributed by atoms with van der Waals surface area (Å²) in [6, 6.07) is 10.7. The molecular formula is C26H34ClN5O2. The van der Waals surface area contributed by atoms with Gasteiger partial charge in [-0.2, -0.15) is 0 Å². The Morgan fingerprint density at radius 2 is 1.85 bits per heavy atom. The first-order valence-electron chi connectivity index (χ1n) is 12.4. The Labute approximate surface area is 207 Å². The Morgan fingerprint density at radius 1 is 1.06 bits per heavy atom. The standard InChI is InChI=1S/C26H33N5O2.ClH/c32-25-21-10-3-4-12-23(21)31(24-22(29-25)11-5-14-28-24)26(33)30-16-6-9-20(18-30)13-15-27-17-19-7-1-2-8-19;/h3-5,10-12,14,19-20,27H,1-2,6-9,13,15-18H2,(H,29,32);1H. The minimum Gasteiger partial charge on any atom is -0.324 e. The zero-order valence-corrected chi connectivity index (χ0v) is 20.4. The van der Waals surface area contributed by atoms with Crippen LogP contribution in [0.1, 0.15) is 55.3 Å². The molecule has 0 spiro atoms. The van der Waals surface area contributed by atoms with Gasteiger partial charge in [-0.15, -0.1) is 12.4 Å². The number of carbonyl (C=O) groups is 2. The number of carbonyl (C=O) groups excluding carboxylic acids is 2. The maximum atomic E-state index is 13.8. The quantitative estimate of drug-likeness (QED) is 0.572. The Hall–Kier alpha value is -2.64. The number of fused-ring (bicyclic) bond motifs is 2. The fourth-order valence-electron chi connectivity index (χ4n) is 5.47. The van der Waals surface area contributed by atoms with Gasteiger partial charge in [-0.1, -0.05) is 25.0 Å². The zero-order valence-electron chi connectivity index (χ0n) is 19.5. The number of nitrogens with one attached hydrogen (secondary N) is 2. The van der Waals surface area contributed by atoms with Crippen molar-refractivity contribution >= 4 is 41.5 Å². The molecule has 2 N–H and O–H groups in total. The Balaban J connectivity index is 0.00000274. The third-order valence-corrected chi connectivity index (χ3v) is 7.25. The number of anilines is 3. The largest absolute Gasteiger partial charge is 0.330 e. The third kappa shape index (κ3) is 5.20. The molecule has 182 valence electrons. The van der Waals surface area contributed by atoms with Crippen LogP contribution in [0.2, 0.25) is 0 Å². The summed E-state index contributed by atoms with van der Waals surface area (Å²) in [6.07, 6.45) is 10.4. The molecule has 1 atom stereocenters. The summed E-state index contributed by atoms with van der Waals surface area (Å²) in [5, 5.41) is 6.56. The van der Waals surface area contributed by atoms with Gasteiger partial charge in [0.25, 0.3) is 5.91 Å². The zero-order chi connectivity index (χ0) is 22.6. The average Bonchev–Trinajstić information content (AvgIpc) is 3.33. The average molecular weight is 484 g/mol. The summed E-state index contributed by atoms with van der Waals surface area (Å²) in [5.74, 6) is 1.59. The van der Waals surface area contributed by atoms with Gasteiger partial charge < -0.3 is 15.5 Å². The van der Waals surface area contributed by atoms with Gasteiger partial charge in [0.15, 0.2) is 5.82 Å². The van der Waals surface area contributed by atoms with E-state index in [-0.39, 0.29) is 24.3 Å². The number of likely N-dealkylation sites (tertiary alicyclic amines) is 1. The van der Waals surface area contributed by atoms with E-state index in [1.165, 1.54) is 25.7 Å². The van der Waals surface area contributed by atoms with Gasteiger partial charge in [0.05, 0.1) is 16.9 Å². The third-order valence-electron chi connectivity index (χ3n) is 7.25. The lowest BCUT2D eigenvalue weighted by atomic mass is 9.95. The first-order valence-corrected chi connectivity index (χ1v) is 12.4. The van der Waals surface area contributed by atoms with E-state index in [4.69, 9.17) is 0 Å². The van der Waals surface area contributed by atoms with Gasteiger partial charge in [0.2, 0.25) is 0 Å². The molecule has 1 aromatic heterocycles. The summed E-state index contributed by atoms with van der Waals surface area (Å²) in [4.78, 5) is 34.7. The number of benzene rings is 1. The number of hydrogen-bond acceptors (Lipinski definition) is 4. The number of urea groups is 1. The molecular weight excluding hydrogens is 450 g/mol. The van der Waals surface area contributed by atoms with E-state index in [0.717, 1.165) is 51.4 Å². The predicted molar refractivity (Wildman–Crippen MR) is 137 cm³/mol. The summed E-state index contributed by atoms with van der Waals surface area (Å²) < 4.78 is 0. The van der Waals surface area contributed by atoms with Crippen molar-refractivity contribution in [2.45, 2.75) is 44.9 Å². The molecule has 1 unspecified atom stereocenters. The van der Waals surface area contributed by atoms with Crippen LogP contribution in [0, 0.1) is 11.8 Å². The molecule has 3 aliphatic rings. The van der Waals surface area contributed by atoms with E-state index in [0.29, 0.717) is 28.7 Å². The molecule has 3 amide bonds. The van der Waals surface area contributed by atoms with Crippen molar-refractivity contribution in [3.05, 3.63) is 48.2 Å². The van der Waals surface area contributed by atoms with Crippen molar-refractivity contribution in [3.8, 4) is 0 Å². The molecule has 0 bridgehead atoms. The number of para-hydroxylation sites is 1. The molecule has 1 saturated carbocycles. The number of piperidine rings is 1. The molecule has 2 aliphatic heterocycles. The van der Waals surface area contributed by atoms with Crippen LogP contribution in [0.5, 0.6) is 0 Å². The van der Waals surface area contributed by atoms with Crippen molar-refractivity contribution in [3.63, 3.8) is 0 Å². The van der Waals surface area contributed by atoms with Crippen molar-refractivity contribution in [2.24, 2.45) is 11.8 Å². The number of rotatable bonds is 5. The van der Waals surface area contributed by atoms with Gasteiger partial charge >= 0.3 is 6.03 Å². The number of amides is 3. The normalized spacial score (nSPS) is 20.1. The maximum Gasteiger partial charge on any atom is 0.330 e. The van der Waals surface area contributed by atoms with Gasteiger partial charge in [-0.05, 0) is 81.3 Å². The van der Waals surface area contributed by atoms with Crippen molar-refractivity contribution in [2.75, 3.05) is 36.4 Å². The molecule has 7 nitrogen and oxygen atoms in total. The van der Waals surface area contributed by atoms with Crippen LogP contribution in [0.3, 0.4) is 0 Å². The highest BCUT2D eigenvalue weighted by molar-refractivity contribution is 6.16.